The van der Waals surface area contributed by atoms with Gasteiger partial charge in [-0.05, 0) is 31.2 Å². The van der Waals surface area contributed by atoms with Crippen molar-refractivity contribution in [2.45, 2.75) is 51.7 Å². The highest BCUT2D eigenvalue weighted by atomic mass is 16.5. The molecule has 1 amide bonds. The molecular formula is C16H23NO4. The standard InChI is InChI=1S/C8H9NO2.C8H14O2/c9-8(10)11-6-7-4-2-1-3-5-7;1-7(9)10-8-5-3-2-4-6-8/h1-5H,6H2,(H2,9,10);8H,2-6H2,1H3. The predicted octanol–water partition coefficient (Wildman–Crippen LogP) is 3.16. The normalized spacial score (nSPS) is 14.5. The fraction of sp³-hybridized carbons (Fsp3) is 0.500. The van der Waals surface area contributed by atoms with E-state index in [-0.39, 0.29) is 18.7 Å². The van der Waals surface area contributed by atoms with Crippen molar-refractivity contribution in [3.63, 3.8) is 0 Å². The van der Waals surface area contributed by atoms with Gasteiger partial charge in [-0.2, -0.15) is 0 Å². The number of esters is 1. The lowest BCUT2D eigenvalue weighted by atomic mass is 9.98. The highest BCUT2D eigenvalue weighted by Gasteiger charge is 2.14. The summed E-state index contributed by atoms with van der Waals surface area (Å²) in [6.07, 6.45) is 5.37. The van der Waals surface area contributed by atoms with Crippen LogP contribution in [0.4, 0.5) is 4.79 Å². The largest absolute Gasteiger partial charge is 0.463 e. The molecule has 1 aromatic rings. The minimum atomic E-state index is -0.742. The van der Waals surface area contributed by atoms with E-state index in [0.29, 0.717) is 0 Å². The zero-order valence-corrected chi connectivity index (χ0v) is 12.4. The molecule has 0 saturated heterocycles. The molecule has 0 bridgehead atoms. The van der Waals surface area contributed by atoms with Gasteiger partial charge in [-0.25, -0.2) is 4.79 Å². The Labute approximate surface area is 125 Å². The van der Waals surface area contributed by atoms with E-state index < -0.39 is 6.09 Å². The van der Waals surface area contributed by atoms with Crippen LogP contribution in [0.3, 0.4) is 0 Å². The zero-order valence-electron chi connectivity index (χ0n) is 12.4. The predicted molar refractivity (Wildman–Crippen MR) is 79.5 cm³/mol. The van der Waals surface area contributed by atoms with Gasteiger partial charge in [0.15, 0.2) is 0 Å². The topological polar surface area (TPSA) is 78.6 Å². The molecule has 2 rings (SSSR count). The molecule has 5 heteroatoms. The minimum Gasteiger partial charge on any atom is -0.463 e. The monoisotopic (exact) mass is 293 g/mol. The Morgan fingerprint density at radius 3 is 2.29 bits per heavy atom. The number of rotatable bonds is 3. The molecular weight excluding hydrogens is 270 g/mol. The zero-order chi connectivity index (χ0) is 15.5. The molecule has 2 N–H and O–H groups in total. The van der Waals surface area contributed by atoms with Crippen molar-refractivity contribution in [2.75, 3.05) is 0 Å². The number of hydrogen-bond donors (Lipinski definition) is 1. The molecule has 1 fully saturated rings. The van der Waals surface area contributed by atoms with Crippen molar-refractivity contribution in [3.8, 4) is 0 Å². The third-order valence-electron chi connectivity index (χ3n) is 3.11. The third kappa shape index (κ3) is 8.68. The summed E-state index contributed by atoms with van der Waals surface area (Å²) in [5.41, 5.74) is 5.72. The second-order valence-electron chi connectivity index (χ2n) is 4.96. The molecule has 1 aliphatic rings. The van der Waals surface area contributed by atoms with Crippen LogP contribution >= 0.6 is 0 Å². The summed E-state index contributed by atoms with van der Waals surface area (Å²) in [5, 5.41) is 0. The van der Waals surface area contributed by atoms with Gasteiger partial charge in [0.05, 0.1) is 0 Å². The van der Waals surface area contributed by atoms with Gasteiger partial charge in [0.25, 0.3) is 0 Å². The van der Waals surface area contributed by atoms with Crippen LogP contribution in [0.15, 0.2) is 30.3 Å². The van der Waals surface area contributed by atoms with E-state index in [4.69, 9.17) is 10.5 Å². The molecule has 0 heterocycles. The first-order valence-corrected chi connectivity index (χ1v) is 7.21. The van der Waals surface area contributed by atoms with E-state index in [1.165, 1.54) is 26.2 Å². The molecule has 0 spiro atoms. The molecule has 0 aliphatic heterocycles. The molecule has 1 saturated carbocycles. The van der Waals surface area contributed by atoms with Crippen LogP contribution in [0.2, 0.25) is 0 Å². The number of ether oxygens (including phenoxy) is 2. The van der Waals surface area contributed by atoms with Crippen molar-refractivity contribution in [3.05, 3.63) is 35.9 Å². The Morgan fingerprint density at radius 2 is 1.76 bits per heavy atom. The number of amides is 1. The Kier molecular flexibility index (Phi) is 7.94. The summed E-state index contributed by atoms with van der Waals surface area (Å²) >= 11 is 0. The number of hydrogen-bond acceptors (Lipinski definition) is 4. The molecule has 116 valence electrons. The average molecular weight is 293 g/mol. The van der Waals surface area contributed by atoms with Gasteiger partial charge < -0.3 is 15.2 Å². The van der Waals surface area contributed by atoms with E-state index >= 15 is 0 Å². The lowest BCUT2D eigenvalue weighted by Crippen LogP contribution is -2.18. The summed E-state index contributed by atoms with van der Waals surface area (Å²) < 4.78 is 9.62. The first-order valence-electron chi connectivity index (χ1n) is 7.21. The number of carbonyl (C=O) groups excluding carboxylic acids is 2. The number of nitrogens with two attached hydrogens (primary N) is 1. The quantitative estimate of drug-likeness (QED) is 0.868. The highest BCUT2D eigenvalue weighted by molar-refractivity contribution is 5.66. The summed E-state index contributed by atoms with van der Waals surface area (Å²) in [4.78, 5) is 20.7. The summed E-state index contributed by atoms with van der Waals surface area (Å²) in [6, 6.07) is 9.37. The molecule has 0 aromatic heterocycles. The second kappa shape index (κ2) is 9.80. The Bertz CT molecular complexity index is 427. The van der Waals surface area contributed by atoms with Crippen LogP contribution in [-0.4, -0.2) is 18.2 Å². The maximum atomic E-state index is 10.5. The van der Waals surface area contributed by atoms with Gasteiger partial charge in [0.1, 0.15) is 12.7 Å². The van der Waals surface area contributed by atoms with Crippen LogP contribution in [0.1, 0.15) is 44.6 Å². The van der Waals surface area contributed by atoms with Crippen LogP contribution in [0.5, 0.6) is 0 Å². The SMILES string of the molecule is CC(=O)OC1CCCCC1.NC(=O)OCc1ccccc1. The lowest BCUT2D eigenvalue weighted by molar-refractivity contribution is -0.147. The van der Waals surface area contributed by atoms with E-state index in [0.717, 1.165) is 18.4 Å². The molecule has 0 atom stereocenters. The Balaban J connectivity index is 0.000000211. The fourth-order valence-electron chi connectivity index (χ4n) is 2.15. The van der Waals surface area contributed by atoms with Crippen molar-refractivity contribution in [2.24, 2.45) is 5.73 Å². The molecule has 5 nitrogen and oxygen atoms in total. The van der Waals surface area contributed by atoms with E-state index in [1.807, 2.05) is 30.3 Å². The maximum Gasteiger partial charge on any atom is 0.404 e. The van der Waals surface area contributed by atoms with Gasteiger partial charge in [-0.3, -0.25) is 4.79 Å². The minimum absolute atomic E-state index is 0.132. The Morgan fingerprint density at radius 1 is 1.14 bits per heavy atom. The fourth-order valence-corrected chi connectivity index (χ4v) is 2.15. The smallest absolute Gasteiger partial charge is 0.404 e. The first kappa shape index (κ1) is 17.0. The van der Waals surface area contributed by atoms with Gasteiger partial charge in [-0.1, -0.05) is 36.8 Å². The van der Waals surface area contributed by atoms with E-state index in [9.17, 15) is 9.59 Å². The van der Waals surface area contributed by atoms with Crippen LogP contribution < -0.4 is 5.73 Å². The van der Waals surface area contributed by atoms with Crippen molar-refractivity contribution >= 4 is 12.1 Å². The van der Waals surface area contributed by atoms with E-state index in [1.54, 1.807) is 0 Å². The van der Waals surface area contributed by atoms with Crippen LogP contribution in [-0.2, 0) is 20.9 Å². The maximum absolute atomic E-state index is 10.5. The highest BCUT2D eigenvalue weighted by Crippen LogP contribution is 2.19. The van der Waals surface area contributed by atoms with E-state index in [2.05, 4.69) is 4.74 Å². The first-order chi connectivity index (χ1) is 10.1. The van der Waals surface area contributed by atoms with Gasteiger partial charge >= 0.3 is 12.1 Å². The van der Waals surface area contributed by atoms with Crippen molar-refractivity contribution in [1.82, 2.24) is 0 Å². The Hall–Kier alpha value is -2.04. The molecule has 1 aliphatic carbocycles. The van der Waals surface area contributed by atoms with Crippen molar-refractivity contribution < 1.29 is 19.1 Å². The van der Waals surface area contributed by atoms with Crippen LogP contribution in [0.25, 0.3) is 0 Å². The number of primary amides is 1. The molecule has 0 radical (unpaired) electrons. The summed E-state index contributed by atoms with van der Waals surface area (Å²) in [7, 11) is 0. The summed E-state index contributed by atoms with van der Waals surface area (Å²) in [5.74, 6) is -0.132. The van der Waals surface area contributed by atoms with Gasteiger partial charge in [-0.15, -0.1) is 0 Å². The third-order valence-corrected chi connectivity index (χ3v) is 3.11. The average Bonchev–Trinajstić information content (AvgIpc) is 2.47. The van der Waals surface area contributed by atoms with Crippen molar-refractivity contribution in [1.29, 1.82) is 0 Å². The molecule has 1 aromatic carbocycles. The van der Waals surface area contributed by atoms with Gasteiger partial charge in [0.2, 0.25) is 0 Å². The molecule has 0 unspecified atom stereocenters. The second-order valence-corrected chi connectivity index (χ2v) is 4.96. The molecule has 21 heavy (non-hydrogen) atoms. The number of benzene rings is 1. The lowest BCUT2D eigenvalue weighted by Gasteiger charge is -2.20. The van der Waals surface area contributed by atoms with Gasteiger partial charge in [0, 0.05) is 6.92 Å². The number of carbonyl (C=O) groups is 2. The van der Waals surface area contributed by atoms with Crippen LogP contribution in [0, 0.1) is 0 Å². The summed E-state index contributed by atoms with van der Waals surface area (Å²) in [6.45, 7) is 1.73.